The first kappa shape index (κ1) is 14.7. The minimum atomic E-state index is -0.306. The molecule has 0 radical (unpaired) electrons. The lowest BCUT2D eigenvalue weighted by Crippen LogP contribution is -2.33. The van der Waals surface area contributed by atoms with E-state index in [-0.39, 0.29) is 12.4 Å². The summed E-state index contributed by atoms with van der Waals surface area (Å²) in [4.78, 5) is 0. The average molecular weight is 349 g/mol. The highest BCUT2D eigenvalue weighted by Crippen LogP contribution is 2.26. The zero-order valence-electron chi connectivity index (χ0n) is 11.6. The van der Waals surface area contributed by atoms with Gasteiger partial charge in [0, 0.05) is 10.0 Å². The van der Waals surface area contributed by atoms with Gasteiger partial charge in [0.1, 0.15) is 6.10 Å². The molecule has 0 N–H and O–H groups in total. The Morgan fingerprint density at radius 2 is 1.76 bits per heavy atom. The highest BCUT2D eigenvalue weighted by Gasteiger charge is 2.24. The zero-order valence-corrected chi connectivity index (χ0v) is 13.2. The van der Waals surface area contributed by atoms with Gasteiger partial charge >= 0.3 is 0 Å². The predicted octanol–water partition coefficient (Wildman–Crippen LogP) is 4.08. The lowest BCUT2D eigenvalue weighted by molar-refractivity contribution is -0.232. The van der Waals surface area contributed by atoms with Crippen LogP contribution in [0, 0.1) is 0 Å². The van der Waals surface area contributed by atoms with E-state index in [0.29, 0.717) is 19.8 Å². The Balaban J connectivity index is 1.49. The monoisotopic (exact) mass is 348 g/mol. The van der Waals surface area contributed by atoms with Crippen molar-refractivity contribution in [1.29, 1.82) is 0 Å². The quantitative estimate of drug-likeness (QED) is 0.833. The van der Waals surface area contributed by atoms with Crippen LogP contribution in [0.5, 0.6) is 0 Å². The summed E-state index contributed by atoms with van der Waals surface area (Å²) in [6.45, 7) is 1.67. The second-order valence-corrected chi connectivity index (χ2v) is 5.89. The molecule has 3 nitrogen and oxygen atoms in total. The van der Waals surface area contributed by atoms with Crippen molar-refractivity contribution >= 4 is 15.9 Å². The van der Waals surface area contributed by atoms with Crippen LogP contribution in [0.4, 0.5) is 0 Å². The predicted molar refractivity (Wildman–Crippen MR) is 83.8 cm³/mol. The molecular weight excluding hydrogens is 332 g/mol. The van der Waals surface area contributed by atoms with Crippen LogP contribution in [0.3, 0.4) is 0 Å². The standard InChI is InChI=1S/C17H17BrO3/c18-15-8-4-7-14(9-15)17-20-11-16(12-21-17)19-10-13-5-2-1-3-6-13/h1-9,16-17H,10-12H2/t16-,17+. The number of hydrogen-bond donors (Lipinski definition) is 0. The molecule has 0 aliphatic carbocycles. The second-order valence-electron chi connectivity index (χ2n) is 4.97. The van der Waals surface area contributed by atoms with E-state index in [0.717, 1.165) is 15.6 Å². The van der Waals surface area contributed by atoms with Crippen LogP contribution in [-0.4, -0.2) is 19.3 Å². The second kappa shape index (κ2) is 7.18. The lowest BCUT2D eigenvalue weighted by Gasteiger charge is -2.29. The molecule has 1 fully saturated rings. The maximum absolute atomic E-state index is 5.82. The van der Waals surface area contributed by atoms with Crippen LogP contribution in [0.15, 0.2) is 59.1 Å². The molecule has 0 bridgehead atoms. The number of benzene rings is 2. The fraction of sp³-hybridized carbons (Fsp3) is 0.294. The third-order valence-electron chi connectivity index (χ3n) is 3.32. The molecule has 0 unspecified atom stereocenters. The summed E-state index contributed by atoms with van der Waals surface area (Å²) in [6.07, 6.45) is -0.326. The van der Waals surface area contributed by atoms with Gasteiger partial charge in [-0.1, -0.05) is 58.4 Å². The van der Waals surface area contributed by atoms with E-state index in [4.69, 9.17) is 14.2 Å². The van der Waals surface area contributed by atoms with Crippen molar-refractivity contribution in [3.8, 4) is 0 Å². The van der Waals surface area contributed by atoms with Crippen LogP contribution < -0.4 is 0 Å². The Kier molecular flexibility index (Phi) is 5.04. The molecule has 1 aliphatic heterocycles. The molecule has 0 aromatic heterocycles. The van der Waals surface area contributed by atoms with Crippen molar-refractivity contribution in [1.82, 2.24) is 0 Å². The van der Waals surface area contributed by atoms with Gasteiger partial charge in [-0.2, -0.15) is 0 Å². The van der Waals surface area contributed by atoms with Crippen molar-refractivity contribution in [3.63, 3.8) is 0 Å². The Hall–Kier alpha value is -1.20. The molecule has 1 aliphatic rings. The van der Waals surface area contributed by atoms with Gasteiger partial charge in [0.25, 0.3) is 0 Å². The smallest absolute Gasteiger partial charge is 0.184 e. The highest BCUT2D eigenvalue weighted by molar-refractivity contribution is 9.10. The van der Waals surface area contributed by atoms with Crippen molar-refractivity contribution in [2.24, 2.45) is 0 Å². The zero-order chi connectivity index (χ0) is 14.5. The molecule has 1 saturated heterocycles. The van der Waals surface area contributed by atoms with Gasteiger partial charge in [0.05, 0.1) is 19.8 Å². The summed E-state index contributed by atoms with van der Waals surface area (Å²) in [6, 6.07) is 18.1. The molecule has 0 amide bonds. The van der Waals surface area contributed by atoms with Crippen LogP contribution >= 0.6 is 15.9 Å². The SMILES string of the molecule is Brc1cccc([C@H]2OC[C@@H](OCc3ccccc3)CO2)c1. The van der Waals surface area contributed by atoms with Gasteiger partial charge in [0.2, 0.25) is 0 Å². The fourth-order valence-corrected chi connectivity index (χ4v) is 2.63. The molecule has 2 aromatic carbocycles. The summed E-state index contributed by atoms with van der Waals surface area (Å²) in [7, 11) is 0. The first-order valence-electron chi connectivity index (χ1n) is 6.95. The molecule has 2 aromatic rings. The summed E-state index contributed by atoms with van der Waals surface area (Å²) >= 11 is 3.46. The van der Waals surface area contributed by atoms with Crippen LogP contribution in [-0.2, 0) is 20.8 Å². The van der Waals surface area contributed by atoms with Gasteiger partial charge in [-0.15, -0.1) is 0 Å². The van der Waals surface area contributed by atoms with Crippen LogP contribution in [0.2, 0.25) is 0 Å². The molecule has 0 spiro atoms. The average Bonchev–Trinajstić information content (AvgIpc) is 2.54. The first-order valence-corrected chi connectivity index (χ1v) is 7.75. The van der Waals surface area contributed by atoms with E-state index in [2.05, 4.69) is 28.1 Å². The maximum Gasteiger partial charge on any atom is 0.184 e. The third-order valence-corrected chi connectivity index (χ3v) is 3.81. The molecule has 0 saturated carbocycles. The number of rotatable bonds is 4. The summed E-state index contributed by atoms with van der Waals surface area (Å²) in [5.41, 5.74) is 2.18. The van der Waals surface area contributed by atoms with E-state index in [1.807, 2.05) is 42.5 Å². The van der Waals surface area contributed by atoms with Gasteiger partial charge in [0.15, 0.2) is 6.29 Å². The molecule has 1 heterocycles. The van der Waals surface area contributed by atoms with Crippen molar-refractivity contribution in [2.75, 3.05) is 13.2 Å². The molecule has 3 rings (SSSR count). The van der Waals surface area contributed by atoms with Gasteiger partial charge < -0.3 is 14.2 Å². The first-order chi connectivity index (χ1) is 10.3. The normalized spacial score (nSPS) is 22.1. The summed E-state index contributed by atoms with van der Waals surface area (Å²) < 4.78 is 18.3. The number of halogens is 1. The Labute approximate surface area is 133 Å². The lowest BCUT2D eigenvalue weighted by atomic mass is 10.2. The van der Waals surface area contributed by atoms with Crippen molar-refractivity contribution < 1.29 is 14.2 Å². The van der Waals surface area contributed by atoms with E-state index < -0.39 is 0 Å². The third kappa shape index (κ3) is 4.14. The van der Waals surface area contributed by atoms with Crippen LogP contribution in [0.25, 0.3) is 0 Å². The van der Waals surface area contributed by atoms with Gasteiger partial charge in [-0.05, 0) is 17.7 Å². The largest absolute Gasteiger partial charge is 0.369 e. The molecule has 110 valence electrons. The van der Waals surface area contributed by atoms with Crippen molar-refractivity contribution in [2.45, 2.75) is 19.0 Å². The van der Waals surface area contributed by atoms with Crippen LogP contribution in [0.1, 0.15) is 17.4 Å². The van der Waals surface area contributed by atoms with Gasteiger partial charge in [-0.25, -0.2) is 0 Å². The number of hydrogen-bond acceptors (Lipinski definition) is 3. The van der Waals surface area contributed by atoms with Gasteiger partial charge in [-0.3, -0.25) is 0 Å². The Morgan fingerprint density at radius 1 is 1.00 bits per heavy atom. The minimum absolute atomic E-state index is 0.0198. The van der Waals surface area contributed by atoms with E-state index in [9.17, 15) is 0 Å². The van der Waals surface area contributed by atoms with Crippen molar-refractivity contribution in [3.05, 3.63) is 70.2 Å². The maximum atomic E-state index is 5.82. The Morgan fingerprint density at radius 3 is 2.48 bits per heavy atom. The Bertz CT molecular complexity index is 565. The molecule has 4 heteroatoms. The number of ether oxygens (including phenoxy) is 3. The van der Waals surface area contributed by atoms with E-state index in [1.54, 1.807) is 0 Å². The summed E-state index contributed by atoms with van der Waals surface area (Å²) in [5, 5.41) is 0. The summed E-state index contributed by atoms with van der Waals surface area (Å²) in [5.74, 6) is 0. The van der Waals surface area contributed by atoms with E-state index in [1.165, 1.54) is 0 Å². The highest BCUT2D eigenvalue weighted by atomic mass is 79.9. The fourth-order valence-electron chi connectivity index (χ4n) is 2.22. The minimum Gasteiger partial charge on any atom is -0.369 e. The topological polar surface area (TPSA) is 27.7 Å². The molecular formula is C17H17BrO3. The van der Waals surface area contributed by atoms with E-state index >= 15 is 0 Å². The molecule has 0 atom stereocenters. The molecule has 21 heavy (non-hydrogen) atoms.